The van der Waals surface area contributed by atoms with Gasteiger partial charge >= 0.3 is 35.5 Å². The van der Waals surface area contributed by atoms with Crippen molar-refractivity contribution in [1.82, 2.24) is 5.32 Å². The summed E-state index contributed by atoms with van der Waals surface area (Å²) in [6, 6.07) is 8.15. The maximum Gasteiger partial charge on any atom is 1.00 e. The third-order valence-corrected chi connectivity index (χ3v) is 3.83. The molecule has 0 aliphatic heterocycles. The summed E-state index contributed by atoms with van der Waals surface area (Å²) < 4.78 is 0. The number of hydrogen-bond donors (Lipinski definition) is 3. The van der Waals surface area contributed by atoms with Gasteiger partial charge in [-0.1, -0.05) is 24.3 Å². The van der Waals surface area contributed by atoms with Crippen molar-refractivity contribution in [3.63, 3.8) is 0 Å². The molecule has 2 unspecified atom stereocenters. The number of nitrogens with one attached hydrogen (secondary N) is 1. The van der Waals surface area contributed by atoms with Crippen molar-refractivity contribution >= 4 is 23.3 Å². The number of nitro benzene ring substituents is 2. The molecule has 0 aliphatic carbocycles. The third kappa shape index (κ3) is 6.61. The Labute approximate surface area is 185 Å². The Balaban J connectivity index is 0.00000420. The van der Waals surface area contributed by atoms with Crippen LogP contribution in [0.25, 0.3) is 0 Å². The molecule has 0 radical (unpaired) electrons. The van der Waals surface area contributed by atoms with E-state index < -0.39 is 33.9 Å². The van der Waals surface area contributed by atoms with Crippen LogP contribution in [-0.2, 0) is 16.0 Å². The van der Waals surface area contributed by atoms with Crippen LogP contribution in [0.2, 0.25) is 0 Å². The maximum atomic E-state index is 12.1. The summed E-state index contributed by atoms with van der Waals surface area (Å²) in [5.41, 5.74) is -0.138. The van der Waals surface area contributed by atoms with Crippen LogP contribution in [-0.4, -0.2) is 38.0 Å². The zero-order valence-corrected chi connectivity index (χ0v) is 17.2. The van der Waals surface area contributed by atoms with Gasteiger partial charge in [-0.2, -0.15) is 0 Å². The summed E-state index contributed by atoms with van der Waals surface area (Å²) >= 11 is 0. The second-order valence-corrected chi connectivity index (χ2v) is 5.78. The zero-order valence-electron chi connectivity index (χ0n) is 15.2. The monoisotopic (exact) mass is 412 g/mol. The first-order chi connectivity index (χ1) is 13.2. The topological polar surface area (TPSA) is 173 Å². The van der Waals surface area contributed by atoms with E-state index in [0.717, 1.165) is 6.07 Å². The number of rotatable bonds is 8. The third-order valence-electron chi connectivity index (χ3n) is 3.83. The average Bonchev–Trinajstić information content (AvgIpc) is 2.65. The van der Waals surface area contributed by atoms with Crippen molar-refractivity contribution in [3.8, 4) is 0 Å². The quantitative estimate of drug-likeness (QED) is 0.263. The molecule has 2 rings (SSSR count). The number of aliphatic carboxylic acids is 1. The van der Waals surface area contributed by atoms with Crippen molar-refractivity contribution in [2.75, 3.05) is 0 Å². The summed E-state index contributed by atoms with van der Waals surface area (Å²) in [5.74, 6) is -2.28. The predicted molar refractivity (Wildman–Crippen MR) is 94.4 cm³/mol. The Bertz CT molecular complexity index is 919. The van der Waals surface area contributed by atoms with Crippen molar-refractivity contribution < 1.29 is 59.2 Å². The molecule has 0 aromatic heterocycles. The number of carbonyl (C=O) groups excluding carboxylic acids is 1. The Hall–Kier alpha value is -2.86. The molecule has 0 fully saturated rings. The fraction of sp³-hybridized carbons (Fsp3) is 0.176. The van der Waals surface area contributed by atoms with E-state index in [4.69, 9.17) is 0 Å². The van der Waals surface area contributed by atoms with E-state index in [9.17, 15) is 40.0 Å². The largest absolute Gasteiger partial charge is 1.00 e. The molecular formula is C17H15N3NaO8+. The molecule has 146 valence electrons. The van der Waals surface area contributed by atoms with E-state index in [1.165, 1.54) is 42.5 Å². The maximum absolute atomic E-state index is 12.1. The number of aliphatic hydroxyl groups is 1. The molecule has 1 amide bonds. The van der Waals surface area contributed by atoms with Crippen molar-refractivity contribution in [2.45, 2.75) is 18.6 Å². The number of benzene rings is 2. The average molecular weight is 412 g/mol. The van der Waals surface area contributed by atoms with Crippen molar-refractivity contribution in [1.29, 1.82) is 0 Å². The summed E-state index contributed by atoms with van der Waals surface area (Å²) in [7, 11) is 0. The number of carboxylic acids is 1. The molecule has 2 atom stereocenters. The van der Waals surface area contributed by atoms with E-state index in [1.54, 1.807) is 0 Å². The second kappa shape index (κ2) is 10.6. The van der Waals surface area contributed by atoms with Gasteiger partial charge in [0.15, 0.2) is 6.04 Å². The van der Waals surface area contributed by atoms with E-state index in [2.05, 4.69) is 5.32 Å². The number of nitro groups is 2. The van der Waals surface area contributed by atoms with Crippen LogP contribution in [0.15, 0.2) is 48.5 Å². The van der Waals surface area contributed by atoms with Crippen LogP contribution in [0, 0.1) is 20.2 Å². The van der Waals surface area contributed by atoms with Crippen LogP contribution in [0.3, 0.4) is 0 Å². The van der Waals surface area contributed by atoms with E-state index in [0.29, 0.717) is 5.56 Å². The standard InChI is InChI=1S/C17H15N3O8.Na/c21-14(8-10-4-6-12(7-5-10)19(25)26)18-15(17(23)24)16(22)11-2-1-3-13(9-11)20(27)28;/h1-7,9,15-16,22H,8H2,(H,18,21)(H,23,24);/q;+1. The van der Waals surface area contributed by atoms with E-state index in [-0.39, 0.29) is 52.9 Å². The van der Waals surface area contributed by atoms with Gasteiger partial charge in [-0.05, 0) is 11.1 Å². The van der Waals surface area contributed by atoms with Gasteiger partial charge < -0.3 is 15.5 Å². The second-order valence-electron chi connectivity index (χ2n) is 5.78. The summed E-state index contributed by atoms with van der Waals surface area (Å²) in [5, 5.41) is 43.2. The molecule has 11 nitrogen and oxygen atoms in total. The van der Waals surface area contributed by atoms with Gasteiger partial charge in [-0.15, -0.1) is 0 Å². The van der Waals surface area contributed by atoms with Crippen LogP contribution < -0.4 is 34.9 Å². The van der Waals surface area contributed by atoms with Crippen molar-refractivity contribution in [3.05, 3.63) is 79.9 Å². The molecule has 2 aromatic carbocycles. The fourth-order valence-electron chi connectivity index (χ4n) is 2.44. The van der Waals surface area contributed by atoms with E-state index >= 15 is 0 Å². The van der Waals surface area contributed by atoms with Gasteiger partial charge in [0.25, 0.3) is 11.4 Å². The van der Waals surface area contributed by atoms with Crippen LogP contribution in [0.5, 0.6) is 0 Å². The smallest absolute Gasteiger partial charge is 0.480 e. The number of nitrogens with zero attached hydrogens (tertiary/aromatic N) is 2. The Morgan fingerprint density at radius 1 is 1.00 bits per heavy atom. The van der Waals surface area contributed by atoms with Crippen molar-refractivity contribution in [2.24, 2.45) is 0 Å². The normalized spacial score (nSPS) is 12.2. The number of amides is 1. The van der Waals surface area contributed by atoms with Gasteiger partial charge in [0.2, 0.25) is 5.91 Å². The minimum Gasteiger partial charge on any atom is -0.480 e. The number of aliphatic hydroxyl groups excluding tert-OH is 1. The molecule has 0 aliphatic rings. The minimum atomic E-state index is -1.74. The molecular weight excluding hydrogens is 397 g/mol. The van der Waals surface area contributed by atoms with Gasteiger partial charge in [0, 0.05) is 24.3 Å². The van der Waals surface area contributed by atoms with Gasteiger partial charge in [0.1, 0.15) is 6.10 Å². The Kier molecular flexibility index (Phi) is 8.85. The first kappa shape index (κ1) is 24.2. The molecule has 3 N–H and O–H groups in total. The molecule has 2 aromatic rings. The van der Waals surface area contributed by atoms with Gasteiger partial charge in [-0.3, -0.25) is 25.0 Å². The molecule has 0 spiro atoms. The predicted octanol–water partition coefficient (Wildman–Crippen LogP) is -1.65. The summed E-state index contributed by atoms with van der Waals surface area (Å²) in [6.07, 6.45) is -2.00. The molecule has 12 heteroatoms. The first-order valence-corrected chi connectivity index (χ1v) is 7.87. The van der Waals surface area contributed by atoms with Crippen LogP contribution in [0.1, 0.15) is 17.2 Å². The molecule has 0 saturated heterocycles. The number of hydrogen-bond acceptors (Lipinski definition) is 7. The number of carboxylic acid groups (broad SMARTS) is 1. The number of carbonyl (C=O) groups is 2. The Morgan fingerprint density at radius 3 is 2.10 bits per heavy atom. The first-order valence-electron chi connectivity index (χ1n) is 7.87. The Morgan fingerprint density at radius 2 is 1.59 bits per heavy atom. The summed E-state index contributed by atoms with van der Waals surface area (Å²) in [4.78, 5) is 43.7. The fourth-order valence-corrected chi connectivity index (χ4v) is 2.44. The molecule has 0 saturated carbocycles. The minimum absolute atomic E-state index is 0. The van der Waals surface area contributed by atoms with Crippen LogP contribution in [0.4, 0.5) is 11.4 Å². The SMILES string of the molecule is O=C(Cc1ccc([N+](=O)[O-])cc1)NC(C(=O)O)C(O)c1cccc([N+](=O)[O-])c1.[Na+]. The molecule has 0 bridgehead atoms. The van der Waals surface area contributed by atoms with Crippen LogP contribution >= 0.6 is 0 Å². The van der Waals surface area contributed by atoms with Gasteiger partial charge in [0.05, 0.1) is 16.3 Å². The van der Waals surface area contributed by atoms with E-state index in [1.807, 2.05) is 0 Å². The zero-order chi connectivity index (χ0) is 20.8. The molecule has 0 heterocycles. The summed E-state index contributed by atoms with van der Waals surface area (Å²) in [6.45, 7) is 0. The number of non-ortho nitro benzene ring substituents is 2. The molecule has 29 heavy (non-hydrogen) atoms. The van der Waals surface area contributed by atoms with Gasteiger partial charge in [-0.25, -0.2) is 4.79 Å².